The number of hydrogen-bond donors (Lipinski definition) is 2. The summed E-state index contributed by atoms with van der Waals surface area (Å²) in [5.41, 5.74) is 4.81. The molecule has 0 aliphatic carbocycles. The Labute approximate surface area is 122 Å². The lowest BCUT2D eigenvalue weighted by Gasteiger charge is -2.04. The SMILES string of the molecule is Sc1ccc(-c2cccc3c2[nH]c2ccccc23)cc1. The Morgan fingerprint density at radius 3 is 2.30 bits per heavy atom. The third-order valence-electron chi connectivity index (χ3n) is 3.72. The van der Waals surface area contributed by atoms with Gasteiger partial charge >= 0.3 is 0 Å². The van der Waals surface area contributed by atoms with Crippen LogP contribution in [0.3, 0.4) is 0 Å². The number of benzene rings is 3. The number of hydrogen-bond acceptors (Lipinski definition) is 1. The molecule has 1 N–H and O–H groups in total. The van der Waals surface area contributed by atoms with Crippen LogP contribution in [-0.2, 0) is 0 Å². The second kappa shape index (κ2) is 4.43. The first-order valence-electron chi connectivity index (χ1n) is 6.62. The predicted molar refractivity (Wildman–Crippen MR) is 88.5 cm³/mol. The monoisotopic (exact) mass is 275 g/mol. The number of nitrogens with one attached hydrogen (secondary N) is 1. The first-order valence-corrected chi connectivity index (χ1v) is 7.06. The summed E-state index contributed by atoms with van der Waals surface area (Å²) in [4.78, 5) is 4.52. The molecule has 20 heavy (non-hydrogen) atoms. The molecule has 3 aromatic carbocycles. The number of fused-ring (bicyclic) bond motifs is 3. The van der Waals surface area contributed by atoms with E-state index in [0.717, 1.165) is 4.90 Å². The van der Waals surface area contributed by atoms with Crippen molar-refractivity contribution in [1.82, 2.24) is 4.98 Å². The van der Waals surface area contributed by atoms with Crippen LogP contribution in [0.15, 0.2) is 71.6 Å². The maximum absolute atomic E-state index is 4.35. The van der Waals surface area contributed by atoms with Gasteiger partial charge in [-0.2, -0.15) is 0 Å². The van der Waals surface area contributed by atoms with Gasteiger partial charge in [-0.3, -0.25) is 0 Å². The molecule has 0 saturated carbocycles. The van der Waals surface area contributed by atoms with Crippen molar-refractivity contribution in [3.05, 3.63) is 66.7 Å². The first-order chi connectivity index (χ1) is 9.83. The molecule has 0 bridgehead atoms. The third kappa shape index (κ3) is 1.73. The second-order valence-corrected chi connectivity index (χ2v) is 5.46. The van der Waals surface area contributed by atoms with E-state index in [1.54, 1.807) is 0 Å². The Morgan fingerprint density at radius 1 is 0.700 bits per heavy atom. The molecule has 96 valence electrons. The number of H-pyrrole nitrogens is 1. The van der Waals surface area contributed by atoms with Gasteiger partial charge in [0, 0.05) is 26.7 Å². The van der Waals surface area contributed by atoms with Crippen molar-refractivity contribution in [2.75, 3.05) is 0 Å². The molecule has 0 fully saturated rings. The molecule has 0 aliphatic rings. The summed E-state index contributed by atoms with van der Waals surface area (Å²) in [6, 6.07) is 23.2. The summed E-state index contributed by atoms with van der Waals surface area (Å²) < 4.78 is 0. The third-order valence-corrected chi connectivity index (χ3v) is 4.02. The molecule has 0 spiro atoms. The largest absolute Gasteiger partial charge is 0.354 e. The zero-order valence-electron chi connectivity index (χ0n) is 10.8. The fraction of sp³-hybridized carbons (Fsp3) is 0. The van der Waals surface area contributed by atoms with Crippen molar-refractivity contribution >= 4 is 34.4 Å². The minimum absolute atomic E-state index is 0.984. The summed E-state index contributed by atoms with van der Waals surface area (Å²) in [6.07, 6.45) is 0. The lowest BCUT2D eigenvalue weighted by molar-refractivity contribution is 1.47. The lowest BCUT2D eigenvalue weighted by atomic mass is 10.0. The Balaban J connectivity index is 2.07. The molecule has 0 aliphatic heterocycles. The van der Waals surface area contributed by atoms with Crippen molar-refractivity contribution < 1.29 is 0 Å². The van der Waals surface area contributed by atoms with Gasteiger partial charge in [-0.1, -0.05) is 48.5 Å². The van der Waals surface area contributed by atoms with Crippen molar-refractivity contribution in [2.24, 2.45) is 0 Å². The summed E-state index contributed by atoms with van der Waals surface area (Å²) >= 11 is 4.35. The molecule has 4 aromatic rings. The van der Waals surface area contributed by atoms with E-state index in [-0.39, 0.29) is 0 Å². The van der Waals surface area contributed by atoms with Crippen LogP contribution in [0.1, 0.15) is 0 Å². The maximum Gasteiger partial charge on any atom is 0.0544 e. The Morgan fingerprint density at radius 2 is 1.45 bits per heavy atom. The number of rotatable bonds is 1. The average molecular weight is 275 g/mol. The van der Waals surface area contributed by atoms with E-state index in [2.05, 4.69) is 72.2 Å². The summed E-state index contributed by atoms with van der Waals surface area (Å²) in [5.74, 6) is 0. The lowest BCUT2D eigenvalue weighted by Crippen LogP contribution is -1.80. The van der Waals surface area contributed by atoms with E-state index >= 15 is 0 Å². The molecule has 2 heteroatoms. The highest BCUT2D eigenvalue weighted by Crippen LogP contribution is 2.33. The number of aromatic amines is 1. The van der Waals surface area contributed by atoms with Gasteiger partial charge < -0.3 is 4.98 Å². The highest BCUT2D eigenvalue weighted by atomic mass is 32.1. The van der Waals surface area contributed by atoms with Crippen LogP contribution in [0.5, 0.6) is 0 Å². The number of para-hydroxylation sites is 2. The van der Waals surface area contributed by atoms with E-state index in [9.17, 15) is 0 Å². The molecule has 4 rings (SSSR count). The molecule has 1 aromatic heterocycles. The fourth-order valence-electron chi connectivity index (χ4n) is 2.75. The Bertz CT molecular complexity index is 904. The van der Waals surface area contributed by atoms with Crippen molar-refractivity contribution in [3.63, 3.8) is 0 Å². The minimum Gasteiger partial charge on any atom is -0.354 e. The average Bonchev–Trinajstić information content (AvgIpc) is 2.87. The van der Waals surface area contributed by atoms with Crippen molar-refractivity contribution in [1.29, 1.82) is 0 Å². The van der Waals surface area contributed by atoms with Crippen molar-refractivity contribution in [2.45, 2.75) is 4.90 Å². The highest BCUT2D eigenvalue weighted by Gasteiger charge is 2.08. The second-order valence-electron chi connectivity index (χ2n) is 4.95. The van der Waals surface area contributed by atoms with Gasteiger partial charge in [0.2, 0.25) is 0 Å². The van der Waals surface area contributed by atoms with E-state index in [1.165, 1.54) is 32.9 Å². The van der Waals surface area contributed by atoms with Crippen LogP contribution in [0, 0.1) is 0 Å². The van der Waals surface area contributed by atoms with E-state index in [1.807, 2.05) is 12.1 Å². The molecule has 0 atom stereocenters. The van der Waals surface area contributed by atoms with Gasteiger partial charge in [-0.05, 0) is 23.8 Å². The highest BCUT2D eigenvalue weighted by molar-refractivity contribution is 7.80. The summed E-state index contributed by atoms with van der Waals surface area (Å²) in [7, 11) is 0. The van der Waals surface area contributed by atoms with Gasteiger partial charge in [-0.15, -0.1) is 12.6 Å². The summed E-state index contributed by atoms with van der Waals surface area (Å²) in [6.45, 7) is 0. The van der Waals surface area contributed by atoms with Crippen LogP contribution >= 0.6 is 12.6 Å². The quantitative estimate of drug-likeness (QED) is 0.440. The van der Waals surface area contributed by atoms with Crippen LogP contribution < -0.4 is 0 Å². The minimum atomic E-state index is 0.984. The molecule has 0 saturated heterocycles. The van der Waals surface area contributed by atoms with E-state index < -0.39 is 0 Å². The fourth-order valence-corrected chi connectivity index (χ4v) is 2.90. The van der Waals surface area contributed by atoms with Crippen molar-refractivity contribution in [3.8, 4) is 11.1 Å². The molecule has 0 radical (unpaired) electrons. The standard InChI is InChI=1S/C18H13NS/c20-13-10-8-12(9-11-13)14-5-3-6-16-15-4-1-2-7-17(15)19-18(14)16/h1-11,19-20H. The molecular weight excluding hydrogens is 262 g/mol. The van der Waals surface area contributed by atoms with Gasteiger partial charge in [-0.25, -0.2) is 0 Å². The Hall–Kier alpha value is -2.19. The number of thiol groups is 1. The topological polar surface area (TPSA) is 15.8 Å². The van der Waals surface area contributed by atoms with Crippen LogP contribution in [0.4, 0.5) is 0 Å². The van der Waals surface area contributed by atoms with Gasteiger partial charge in [0.25, 0.3) is 0 Å². The molecule has 0 amide bonds. The summed E-state index contributed by atoms with van der Waals surface area (Å²) in [5, 5.41) is 2.54. The zero-order chi connectivity index (χ0) is 13.5. The maximum atomic E-state index is 4.35. The predicted octanol–water partition coefficient (Wildman–Crippen LogP) is 5.28. The van der Waals surface area contributed by atoms with Crippen LogP contribution in [0.2, 0.25) is 0 Å². The van der Waals surface area contributed by atoms with Gasteiger partial charge in [0.1, 0.15) is 0 Å². The van der Waals surface area contributed by atoms with E-state index in [4.69, 9.17) is 0 Å². The molecular formula is C18H13NS. The number of aromatic nitrogens is 1. The zero-order valence-corrected chi connectivity index (χ0v) is 11.7. The van der Waals surface area contributed by atoms with Gasteiger partial charge in [0.05, 0.1) is 5.52 Å². The smallest absolute Gasteiger partial charge is 0.0544 e. The molecule has 0 unspecified atom stereocenters. The normalized spacial score (nSPS) is 11.2. The first kappa shape index (κ1) is 11.6. The van der Waals surface area contributed by atoms with Crippen LogP contribution in [-0.4, -0.2) is 4.98 Å². The van der Waals surface area contributed by atoms with Crippen LogP contribution in [0.25, 0.3) is 32.9 Å². The Kier molecular flexibility index (Phi) is 2.57. The molecule has 1 nitrogen and oxygen atoms in total. The molecule has 1 heterocycles. The van der Waals surface area contributed by atoms with Gasteiger partial charge in [0.15, 0.2) is 0 Å². The van der Waals surface area contributed by atoms with E-state index in [0.29, 0.717) is 0 Å².